The second-order valence-electron chi connectivity index (χ2n) is 7.29. The van der Waals surface area contributed by atoms with Crippen molar-refractivity contribution in [2.45, 2.75) is 59.1 Å². The van der Waals surface area contributed by atoms with Gasteiger partial charge in [0.15, 0.2) is 0 Å². The molecular formula is C13H26N2O4S. The molecule has 0 spiro atoms. The van der Waals surface area contributed by atoms with Gasteiger partial charge in [-0.15, -0.1) is 0 Å². The molecule has 1 amide bonds. The van der Waals surface area contributed by atoms with Crippen molar-refractivity contribution in [1.82, 2.24) is 4.90 Å². The SMILES string of the molecule is CC1(C)CCC(CS(N)(=O)=O)N(C(=O)OC(C)(C)C)C1. The van der Waals surface area contributed by atoms with Crippen molar-refractivity contribution in [3.8, 4) is 0 Å². The molecule has 0 aromatic rings. The summed E-state index contributed by atoms with van der Waals surface area (Å²) in [6.45, 7) is 9.94. The van der Waals surface area contributed by atoms with Crippen molar-refractivity contribution in [2.24, 2.45) is 10.6 Å². The monoisotopic (exact) mass is 306 g/mol. The normalized spacial score (nSPS) is 23.5. The highest BCUT2D eigenvalue weighted by Crippen LogP contribution is 2.33. The van der Waals surface area contributed by atoms with Gasteiger partial charge >= 0.3 is 6.09 Å². The van der Waals surface area contributed by atoms with E-state index >= 15 is 0 Å². The van der Waals surface area contributed by atoms with Crippen LogP contribution in [0.4, 0.5) is 4.79 Å². The van der Waals surface area contributed by atoms with Gasteiger partial charge in [-0.3, -0.25) is 0 Å². The van der Waals surface area contributed by atoms with E-state index in [4.69, 9.17) is 9.88 Å². The van der Waals surface area contributed by atoms with Crippen LogP contribution in [0, 0.1) is 5.41 Å². The molecule has 6 nitrogen and oxygen atoms in total. The molecule has 1 fully saturated rings. The molecule has 1 saturated heterocycles. The lowest BCUT2D eigenvalue weighted by Crippen LogP contribution is -2.54. The number of hydrogen-bond donors (Lipinski definition) is 1. The lowest BCUT2D eigenvalue weighted by Gasteiger charge is -2.43. The van der Waals surface area contributed by atoms with Crippen LogP contribution in [0.2, 0.25) is 0 Å². The summed E-state index contributed by atoms with van der Waals surface area (Å²) in [4.78, 5) is 13.8. The number of amides is 1. The minimum Gasteiger partial charge on any atom is -0.444 e. The Morgan fingerprint density at radius 2 is 1.95 bits per heavy atom. The van der Waals surface area contributed by atoms with E-state index in [2.05, 4.69) is 13.8 Å². The Hall–Kier alpha value is -0.820. The number of ether oxygens (including phenoxy) is 1. The predicted octanol–water partition coefficient (Wildman–Crippen LogP) is 1.70. The summed E-state index contributed by atoms with van der Waals surface area (Å²) in [6, 6.07) is -0.409. The third-order valence-electron chi connectivity index (χ3n) is 3.25. The van der Waals surface area contributed by atoms with Gasteiger partial charge in [-0.25, -0.2) is 18.4 Å². The number of rotatable bonds is 2. The maximum atomic E-state index is 12.3. The molecule has 0 radical (unpaired) electrons. The first-order valence-electron chi connectivity index (χ1n) is 6.79. The number of nitrogens with zero attached hydrogens (tertiary/aromatic N) is 1. The average molecular weight is 306 g/mol. The molecule has 20 heavy (non-hydrogen) atoms. The Morgan fingerprint density at radius 3 is 2.40 bits per heavy atom. The zero-order valence-corrected chi connectivity index (χ0v) is 13.8. The molecule has 118 valence electrons. The molecule has 0 aliphatic carbocycles. The first kappa shape index (κ1) is 17.2. The van der Waals surface area contributed by atoms with Gasteiger partial charge in [-0.05, 0) is 39.0 Å². The fourth-order valence-electron chi connectivity index (χ4n) is 2.36. The quantitative estimate of drug-likeness (QED) is 0.840. The van der Waals surface area contributed by atoms with Gasteiger partial charge in [0.05, 0.1) is 11.8 Å². The zero-order chi connectivity index (χ0) is 15.8. The number of sulfonamides is 1. The Morgan fingerprint density at radius 1 is 1.40 bits per heavy atom. The maximum Gasteiger partial charge on any atom is 0.410 e. The third kappa shape index (κ3) is 5.66. The predicted molar refractivity (Wildman–Crippen MR) is 77.7 cm³/mol. The van der Waals surface area contributed by atoms with Gasteiger partial charge in [0.25, 0.3) is 0 Å². The number of nitrogens with two attached hydrogens (primary N) is 1. The van der Waals surface area contributed by atoms with Crippen molar-refractivity contribution in [3.05, 3.63) is 0 Å². The fourth-order valence-corrected chi connectivity index (χ4v) is 3.24. The second-order valence-corrected chi connectivity index (χ2v) is 8.95. The van der Waals surface area contributed by atoms with E-state index in [0.717, 1.165) is 6.42 Å². The average Bonchev–Trinajstić information content (AvgIpc) is 2.16. The van der Waals surface area contributed by atoms with Crippen LogP contribution in [-0.4, -0.2) is 43.4 Å². The van der Waals surface area contributed by atoms with Crippen molar-refractivity contribution in [3.63, 3.8) is 0 Å². The van der Waals surface area contributed by atoms with Crippen LogP contribution in [0.1, 0.15) is 47.5 Å². The number of piperidine rings is 1. The molecule has 1 aliphatic rings. The Balaban J connectivity index is 2.90. The van der Waals surface area contributed by atoms with Gasteiger partial charge < -0.3 is 9.64 Å². The van der Waals surface area contributed by atoms with Crippen LogP contribution in [0.15, 0.2) is 0 Å². The minimum absolute atomic E-state index is 0.0498. The number of likely N-dealkylation sites (tertiary alicyclic amines) is 1. The number of primary sulfonamides is 1. The van der Waals surface area contributed by atoms with Gasteiger partial charge in [0.2, 0.25) is 10.0 Å². The smallest absolute Gasteiger partial charge is 0.410 e. The number of carbonyl (C=O) groups is 1. The van der Waals surface area contributed by atoms with Crippen LogP contribution in [0.3, 0.4) is 0 Å². The molecule has 1 heterocycles. The minimum atomic E-state index is -3.62. The van der Waals surface area contributed by atoms with Gasteiger partial charge in [0.1, 0.15) is 5.60 Å². The summed E-state index contributed by atoms with van der Waals surface area (Å²) in [5, 5.41) is 5.12. The molecule has 1 atom stereocenters. The largest absolute Gasteiger partial charge is 0.444 e. The highest BCUT2D eigenvalue weighted by Gasteiger charge is 2.39. The zero-order valence-electron chi connectivity index (χ0n) is 13.0. The first-order chi connectivity index (χ1) is 8.79. The van der Waals surface area contributed by atoms with Gasteiger partial charge in [-0.2, -0.15) is 0 Å². The lowest BCUT2D eigenvalue weighted by atomic mass is 9.82. The van der Waals surface area contributed by atoms with Crippen LogP contribution >= 0.6 is 0 Å². The summed E-state index contributed by atoms with van der Waals surface area (Å²) < 4.78 is 28.0. The number of hydrogen-bond acceptors (Lipinski definition) is 4. The van der Waals surface area contributed by atoms with Gasteiger partial charge in [0, 0.05) is 6.54 Å². The lowest BCUT2D eigenvalue weighted by molar-refractivity contribution is -0.00391. The molecule has 7 heteroatoms. The fraction of sp³-hybridized carbons (Fsp3) is 0.923. The molecular weight excluding hydrogens is 280 g/mol. The Kier molecular flexibility index (Phi) is 4.76. The van der Waals surface area contributed by atoms with Crippen molar-refractivity contribution < 1.29 is 17.9 Å². The van der Waals surface area contributed by atoms with Crippen LogP contribution < -0.4 is 5.14 Å². The van der Waals surface area contributed by atoms with Crippen LogP contribution in [0.25, 0.3) is 0 Å². The standard InChI is InChI=1S/C13H26N2O4S/c1-12(2,3)19-11(16)15-9-13(4,5)7-6-10(15)8-20(14,17)18/h10H,6-9H2,1-5H3,(H2,14,17,18). The van der Waals surface area contributed by atoms with E-state index in [1.165, 1.54) is 4.90 Å². The first-order valence-corrected chi connectivity index (χ1v) is 8.51. The maximum absolute atomic E-state index is 12.3. The summed E-state index contributed by atoms with van der Waals surface area (Å²) in [7, 11) is -3.62. The molecule has 2 N–H and O–H groups in total. The summed E-state index contributed by atoms with van der Waals surface area (Å²) in [5.74, 6) is -0.220. The Bertz CT molecular complexity index is 465. The number of carbonyl (C=O) groups excluding carboxylic acids is 1. The van der Waals surface area contributed by atoms with E-state index in [0.29, 0.717) is 13.0 Å². The van der Waals surface area contributed by atoms with Crippen molar-refractivity contribution >= 4 is 16.1 Å². The van der Waals surface area contributed by atoms with Gasteiger partial charge in [-0.1, -0.05) is 13.8 Å². The van der Waals surface area contributed by atoms with Crippen molar-refractivity contribution in [1.29, 1.82) is 0 Å². The van der Waals surface area contributed by atoms with E-state index in [-0.39, 0.29) is 11.2 Å². The summed E-state index contributed by atoms with van der Waals surface area (Å²) >= 11 is 0. The third-order valence-corrected chi connectivity index (χ3v) is 4.10. The highest BCUT2D eigenvalue weighted by atomic mass is 32.2. The molecule has 0 aromatic heterocycles. The molecule has 0 saturated carbocycles. The van der Waals surface area contributed by atoms with E-state index < -0.39 is 27.8 Å². The van der Waals surface area contributed by atoms with E-state index in [1.807, 2.05) is 0 Å². The highest BCUT2D eigenvalue weighted by molar-refractivity contribution is 7.89. The van der Waals surface area contributed by atoms with Crippen LogP contribution in [0.5, 0.6) is 0 Å². The molecule has 1 rings (SSSR count). The topological polar surface area (TPSA) is 89.7 Å². The molecule has 0 aromatic carbocycles. The molecule has 1 unspecified atom stereocenters. The summed E-state index contributed by atoms with van der Waals surface area (Å²) in [6.07, 6.45) is 0.994. The van der Waals surface area contributed by atoms with Crippen LogP contribution in [-0.2, 0) is 14.8 Å². The van der Waals surface area contributed by atoms with E-state index in [9.17, 15) is 13.2 Å². The van der Waals surface area contributed by atoms with E-state index in [1.54, 1.807) is 20.8 Å². The van der Waals surface area contributed by atoms with Crippen molar-refractivity contribution in [2.75, 3.05) is 12.3 Å². The Labute approximate surface area is 121 Å². The molecule has 1 aliphatic heterocycles. The summed E-state index contributed by atoms with van der Waals surface area (Å²) in [5.41, 5.74) is -0.656. The molecule has 0 bridgehead atoms. The second kappa shape index (κ2) is 5.52.